The molecule has 2 nitrogen and oxygen atoms in total. The van der Waals surface area contributed by atoms with Crippen molar-refractivity contribution in [2.24, 2.45) is 17.3 Å². The molecule has 2 fully saturated rings. The summed E-state index contributed by atoms with van der Waals surface area (Å²) < 4.78 is 0. The maximum atomic E-state index is 12.1. The van der Waals surface area contributed by atoms with Crippen molar-refractivity contribution in [2.75, 3.05) is 0 Å². The van der Waals surface area contributed by atoms with Gasteiger partial charge in [0, 0.05) is 12.3 Å². The molecule has 0 amide bonds. The minimum absolute atomic E-state index is 0.179. The Hall–Kier alpha value is -0.660. The van der Waals surface area contributed by atoms with Gasteiger partial charge in [-0.25, -0.2) is 0 Å². The summed E-state index contributed by atoms with van der Waals surface area (Å²) in [6.07, 6.45) is 5.53. The first-order chi connectivity index (χ1) is 6.99. The van der Waals surface area contributed by atoms with Gasteiger partial charge >= 0.3 is 0 Å². The molecule has 1 atom stereocenters. The fourth-order valence-corrected chi connectivity index (χ4v) is 2.64. The lowest BCUT2D eigenvalue weighted by Gasteiger charge is -2.36. The molecule has 2 aliphatic rings. The van der Waals surface area contributed by atoms with E-state index in [4.69, 9.17) is 0 Å². The first-order valence-electron chi connectivity index (χ1n) is 6.06. The molecule has 84 valence electrons. The van der Waals surface area contributed by atoms with Crippen molar-refractivity contribution in [2.45, 2.75) is 52.4 Å². The van der Waals surface area contributed by atoms with Crippen LogP contribution in [0.3, 0.4) is 0 Å². The maximum Gasteiger partial charge on any atom is 0.146 e. The summed E-state index contributed by atoms with van der Waals surface area (Å²) in [7, 11) is 0. The van der Waals surface area contributed by atoms with E-state index in [1.54, 1.807) is 0 Å². The average Bonchev–Trinajstić information content (AvgIpc) is 2.06. The molecule has 2 saturated carbocycles. The van der Waals surface area contributed by atoms with Gasteiger partial charge in [0.25, 0.3) is 0 Å². The van der Waals surface area contributed by atoms with Gasteiger partial charge in [-0.3, -0.25) is 9.59 Å². The van der Waals surface area contributed by atoms with Gasteiger partial charge in [-0.05, 0) is 31.1 Å². The summed E-state index contributed by atoms with van der Waals surface area (Å²) in [6.45, 7) is 4.33. The van der Waals surface area contributed by atoms with Crippen molar-refractivity contribution in [1.82, 2.24) is 0 Å². The van der Waals surface area contributed by atoms with E-state index in [1.165, 1.54) is 6.42 Å². The van der Waals surface area contributed by atoms with E-state index in [0.717, 1.165) is 25.7 Å². The molecule has 0 aliphatic heterocycles. The highest BCUT2D eigenvalue weighted by Gasteiger charge is 2.41. The van der Waals surface area contributed by atoms with Crippen LogP contribution in [0.2, 0.25) is 0 Å². The van der Waals surface area contributed by atoms with Gasteiger partial charge < -0.3 is 0 Å². The van der Waals surface area contributed by atoms with E-state index in [-0.39, 0.29) is 28.8 Å². The Kier molecular flexibility index (Phi) is 2.70. The van der Waals surface area contributed by atoms with Crippen LogP contribution in [0.25, 0.3) is 0 Å². The van der Waals surface area contributed by atoms with Crippen LogP contribution in [-0.2, 0) is 9.59 Å². The first-order valence-corrected chi connectivity index (χ1v) is 6.06. The zero-order chi connectivity index (χ0) is 11.1. The van der Waals surface area contributed by atoms with Crippen LogP contribution >= 0.6 is 0 Å². The highest BCUT2D eigenvalue weighted by Crippen LogP contribution is 2.40. The number of hydrogen-bond donors (Lipinski definition) is 0. The molecule has 2 rings (SSSR count). The zero-order valence-electron chi connectivity index (χ0n) is 9.71. The van der Waals surface area contributed by atoms with Gasteiger partial charge in [-0.15, -0.1) is 0 Å². The SMILES string of the molecule is CC1(C)CCC(=O)C(C(=O)C2CCC2)C1. The van der Waals surface area contributed by atoms with E-state index >= 15 is 0 Å². The van der Waals surface area contributed by atoms with Crippen LogP contribution in [0.4, 0.5) is 0 Å². The Morgan fingerprint density at radius 1 is 1.33 bits per heavy atom. The summed E-state index contributed by atoms with van der Waals surface area (Å²) in [6, 6.07) is 0. The Bertz CT molecular complexity index is 287. The topological polar surface area (TPSA) is 34.1 Å². The van der Waals surface area contributed by atoms with Crippen molar-refractivity contribution in [3.8, 4) is 0 Å². The largest absolute Gasteiger partial charge is 0.299 e. The Balaban J connectivity index is 2.05. The maximum absolute atomic E-state index is 12.1. The van der Waals surface area contributed by atoms with E-state index in [2.05, 4.69) is 13.8 Å². The quantitative estimate of drug-likeness (QED) is 0.654. The second-order valence-corrected chi connectivity index (χ2v) is 5.92. The molecule has 0 aromatic carbocycles. The lowest BCUT2D eigenvalue weighted by Crippen LogP contribution is -2.39. The van der Waals surface area contributed by atoms with E-state index in [0.29, 0.717) is 6.42 Å². The van der Waals surface area contributed by atoms with Crippen LogP contribution in [0.5, 0.6) is 0 Å². The second-order valence-electron chi connectivity index (χ2n) is 5.92. The third-order valence-electron chi connectivity index (χ3n) is 4.04. The fraction of sp³-hybridized carbons (Fsp3) is 0.846. The lowest BCUT2D eigenvalue weighted by molar-refractivity contribution is -0.140. The molecule has 0 N–H and O–H groups in total. The summed E-state index contributed by atoms with van der Waals surface area (Å²) in [5.74, 6) is 0.400. The van der Waals surface area contributed by atoms with Crippen LogP contribution in [0, 0.1) is 17.3 Å². The lowest BCUT2D eigenvalue weighted by atomic mass is 9.66. The molecule has 0 radical (unpaired) electrons. The number of rotatable bonds is 2. The van der Waals surface area contributed by atoms with Crippen molar-refractivity contribution >= 4 is 11.6 Å². The average molecular weight is 208 g/mol. The number of carbonyl (C=O) groups excluding carboxylic acids is 2. The predicted octanol–water partition coefficient (Wildman–Crippen LogP) is 2.75. The van der Waals surface area contributed by atoms with Gasteiger partial charge in [-0.1, -0.05) is 20.3 Å². The van der Waals surface area contributed by atoms with Crippen LogP contribution in [-0.4, -0.2) is 11.6 Å². The standard InChI is InChI=1S/C13H20O2/c1-13(2)7-6-11(14)10(8-13)12(15)9-4-3-5-9/h9-10H,3-8H2,1-2H3. The van der Waals surface area contributed by atoms with Crippen LogP contribution in [0.1, 0.15) is 52.4 Å². The third kappa shape index (κ3) is 2.14. The van der Waals surface area contributed by atoms with Gasteiger partial charge in [0.2, 0.25) is 0 Å². The number of hydrogen-bond acceptors (Lipinski definition) is 2. The number of Topliss-reactive ketones (excluding diaryl/α,β-unsaturated/α-hetero) is 2. The molecule has 0 aromatic rings. The highest BCUT2D eigenvalue weighted by atomic mass is 16.2. The third-order valence-corrected chi connectivity index (χ3v) is 4.04. The number of carbonyl (C=O) groups is 2. The molecule has 1 unspecified atom stereocenters. The van der Waals surface area contributed by atoms with Crippen LogP contribution < -0.4 is 0 Å². The van der Waals surface area contributed by atoms with Gasteiger partial charge in [0.05, 0.1) is 5.92 Å². The summed E-state index contributed by atoms with van der Waals surface area (Å²) in [4.78, 5) is 23.8. The molecule has 0 spiro atoms. The van der Waals surface area contributed by atoms with Gasteiger partial charge in [-0.2, -0.15) is 0 Å². The summed E-state index contributed by atoms with van der Waals surface area (Å²) in [5, 5.41) is 0. The van der Waals surface area contributed by atoms with Crippen LogP contribution in [0.15, 0.2) is 0 Å². The smallest absolute Gasteiger partial charge is 0.146 e. The minimum Gasteiger partial charge on any atom is -0.299 e. The monoisotopic (exact) mass is 208 g/mol. The molecule has 0 bridgehead atoms. The van der Waals surface area contributed by atoms with Crippen molar-refractivity contribution in [3.63, 3.8) is 0 Å². The second kappa shape index (κ2) is 3.73. The van der Waals surface area contributed by atoms with Crippen molar-refractivity contribution in [1.29, 1.82) is 0 Å². The molecular weight excluding hydrogens is 188 g/mol. The zero-order valence-corrected chi connectivity index (χ0v) is 9.71. The molecular formula is C13H20O2. The van der Waals surface area contributed by atoms with Gasteiger partial charge in [0.15, 0.2) is 0 Å². The molecule has 15 heavy (non-hydrogen) atoms. The molecule has 2 aliphatic carbocycles. The van der Waals surface area contributed by atoms with E-state index in [9.17, 15) is 9.59 Å². The minimum atomic E-state index is -0.265. The highest BCUT2D eigenvalue weighted by molar-refractivity contribution is 6.04. The Morgan fingerprint density at radius 2 is 2.00 bits per heavy atom. The summed E-state index contributed by atoms with van der Waals surface area (Å²) in [5.41, 5.74) is 0.179. The van der Waals surface area contributed by atoms with E-state index < -0.39 is 0 Å². The Morgan fingerprint density at radius 3 is 2.53 bits per heavy atom. The van der Waals surface area contributed by atoms with E-state index in [1.807, 2.05) is 0 Å². The first kappa shape index (κ1) is 10.8. The fourth-order valence-electron chi connectivity index (χ4n) is 2.64. The van der Waals surface area contributed by atoms with Crippen molar-refractivity contribution in [3.05, 3.63) is 0 Å². The predicted molar refractivity (Wildman–Crippen MR) is 58.5 cm³/mol. The molecule has 2 heteroatoms. The Labute approximate surface area is 91.4 Å². The van der Waals surface area contributed by atoms with Gasteiger partial charge in [0.1, 0.15) is 11.6 Å². The molecule has 0 heterocycles. The molecule has 0 aromatic heterocycles. The molecule has 0 saturated heterocycles. The van der Waals surface area contributed by atoms with Crippen molar-refractivity contribution < 1.29 is 9.59 Å². The normalized spacial score (nSPS) is 31.1. The summed E-state index contributed by atoms with van der Waals surface area (Å²) >= 11 is 0. The number of ketones is 2.